The number of anilines is 2. The number of benzene rings is 2. The minimum absolute atomic E-state index is 0.313. The van der Waals surface area contributed by atoms with Crippen molar-refractivity contribution in [2.75, 3.05) is 29.8 Å². The topological polar surface area (TPSA) is 58.6 Å². The number of hydrogen-bond acceptors (Lipinski definition) is 4. The third kappa shape index (κ3) is 4.21. The number of nitrogens with one attached hydrogen (secondary N) is 1. The molecule has 5 nitrogen and oxygen atoms in total. The number of hydrogen-bond donors (Lipinski definition) is 1. The molecular weight excluding hydrogens is 360 g/mol. The van der Waals surface area contributed by atoms with E-state index >= 15 is 0 Å². The Labute approximate surface area is 163 Å². The van der Waals surface area contributed by atoms with Crippen LogP contribution in [0.1, 0.15) is 36.1 Å². The lowest BCUT2D eigenvalue weighted by Gasteiger charge is -2.23. The van der Waals surface area contributed by atoms with E-state index in [1.54, 1.807) is 20.1 Å². The maximum Gasteiger partial charge on any atom is 0.262 e. The molecule has 0 bridgehead atoms. The fraction of sp³-hybridized carbons (Fsp3) is 0.429. The zero-order valence-electron chi connectivity index (χ0n) is 17.3. The van der Waals surface area contributed by atoms with E-state index < -0.39 is 10.0 Å². The van der Waals surface area contributed by atoms with Crippen LogP contribution < -0.4 is 14.4 Å². The molecule has 0 aromatic heterocycles. The first-order valence-corrected chi connectivity index (χ1v) is 10.7. The predicted molar refractivity (Wildman–Crippen MR) is 113 cm³/mol. The fourth-order valence-electron chi connectivity index (χ4n) is 3.39. The van der Waals surface area contributed by atoms with Crippen molar-refractivity contribution in [1.82, 2.24) is 0 Å². The van der Waals surface area contributed by atoms with E-state index in [0.717, 1.165) is 29.9 Å². The molecule has 0 atom stereocenters. The number of aryl methyl sites for hydroxylation is 2. The molecule has 2 rings (SSSR count). The highest BCUT2D eigenvalue weighted by molar-refractivity contribution is 7.92. The Morgan fingerprint density at radius 2 is 1.59 bits per heavy atom. The highest BCUT2D eigenvalue weighted by atomic mass is 32.2. The fourth-order valence-corrected chi connectivity index (χ4v) is 5.05. The van der Waals surface area contributed by atoms with E-state index in [9.17, 15) is 8.42 Å². The Morgan fingerprint density at radius 3 is 2.11 bits per heavy atom. The minimum Gasteiger partial charge on any atom is -0.496 e. The SMILES string of the molecule is CCN(CC)c1ccc(NS(=O)(=O)c2c(C)cc(OC)c(C)c2C)c(C)c1. The van der Waals surface area contributed by atoms with Crippen molar-refractivity contribution >= 4 is 21.4 Å². The molecule has 6 heteroatoms. The summed E-state index contributed by atoms with van der Waals surface area (Å²) in [5.41, 5.74) is 4.78. The Bertz CT molecular complexity index is 933. The van der Waals surface area contributed by atoms with Gasteiger partial charge in [-0.1, -0.05) is 0 Å². The van der Waals surface area contributed by atoms with Crippen LogP contribution >= 0.6 is 0 Å². The lowest BCUT2D eigenvalue weighted by molar-refractivity contribution is 0.410. The summed E-state index contributed by atoms with van der Waals surface area (Å²) in [5.74, 6) is 0.698. The highest BCUT2D eigenvalue weighted by Gasteiger charge is 2.23. The quantitative estimate of drug-likeness (QED) is 0.752. The first-order valence-electron chi connectivity index (χ1n) is 9.19. The number of rotatable bonds is 7. The summed E-state index contributed by atoms with van der Waals surface area (Å²) < 4.78 is 34.3. The monoisotopic (exact) mass is 390 g/mol. The molecule has 0 radical (unpaired) electrons. The predicted octanol–water partition coefficient (Wildman–Crippen LogP) is 4.58. The summed E-state index contributed by atoms with van der Waals surface area (Å²) in [6.07, 6.45) is 0. The molecule has 0 aliphatic heterocycles. The van der Waals surface area contributed by atoms with Crippen LogP contribution in [0.25, 0.3) is 0 Å². The van der Waals surface area contributed by atoms with Crippen LogP contribution in [0.15, 0.2) is 29.2 Å². The van der Waals surface area contributed by atoms with Crippen LogP contribution in [0, 0.1) is 27.7 Å². The van der Waals surface area contributed by atoms with E-state index in [-0.39, 0.29) is 0 Å². The van der Waals surface area contributed by atoms with Crippen molar-refractivity contribution in [2.45, 2.75) is 46.4 Å². The van der Waals surface area contributed by atoms with E-state index in [1.165, 1.54) is 0 Å². The standard InChI is InChI=1S/C21H30N2O3S/c1-8-23(9-2)18-10-11-19(14(3)12-18)22-27(24,25)21-15(4)13-20(26-7)16(5)17(21)6/h10-13,22H,8-9H2,1-7H3. The van der Waals surface area contributed by atoms with Crippen LogP contribution in [-0.2, 0) is 10.0 Å². The maximum absolute atomic E-state index is 13.1. The number of sulfonamides is 1. The average Bonchev–Trinajstić information content (AvgIpc) is 2.61. The molecule has 2 aromatic rings. The van der Waals surface area contributed by atoms with Gasteiger partial charge >= 0.3 is 0 Å². The molecule has 0 aliphatic carbocycles. The van der Waals surface area contributed by atoms with Crippen LogP contribution in [0.2, 0.25) is 0 Å². The number of methoxy groups -OCH3 is 1. The summed E-state index contributed by atoms with van der Waals surface area (Å²) >= 11 is 0. The van der Waals surface area contributed by atoms with E-state index in [0.29, 0.717) is 27.5 Å². The Kier molecular flexibility index (Phi) is 6.42. The lowest BCUT2D eigenvalue weighted by atomic mass is 10.1. The molecule has 148 valence electrons. The Hall–Kier alpha value is -2.21. The van der Waals surface area contributed by atoms with E-state index in [1.807, 2.05) is 39.0 Å². The van der Waals surface area contributed by atoms with Crippen molar-refractivity contribution in [3.05, 3.63) is 46.5 Å². The zero-order chi connectivity index (χ0) is 20.4. The van der Waals surface area contributed by atoms with Crippen molar-refractivity contribution in [3.63, 3.8) is 0 Å². The third-order valence-electron chi connectivity index (χ3n) is 5.05. The van der Waals surface area contributed by atoms with Crippen molar-refractivity contribution < 1.29 is 13.2 Å². The van der Waals surface area contributed by atoms with Gasteiger partial charge in [-0.2, -0.15) is 0 Å². The zero-order valence-corrected chi connectivity index (χ0v) is 18.1. The van der Waals surface area contributed by atoms with Crippen molar-refractivity contribution in [3.8, 4) is 5.75 Å². The number of ether oxygens (including phenoxy) is 1. The molecule has 0 saturated heterocycles. The molecule has 0 saturated carbocycles. The molecule has 0 spiro atoms. The van der Waals surface area contributed by atoms with E-state index in [2.05, 4.69) is 23.5 Å². The molecule has 2 aromatic carbocycles. The van der Waals surface area contributed by atoms with Crippen LogP contribution in [0.5, 0.6) is 5.75 Å². The third-order valence-corrected chi connectivity index (χ3v) is 6.70. The van der Waals surface area contributed by atoms with Gasteiger partial charge in [0.1, 0.15) is 5.75 Å². The lowest BCUT2D eigenvalue weighted by Crippen LogP contribution is -2.22. The summed E-state index contributed by atoms with van der Waals surface area (Å²) in [6.45, 7) is 13.4. The van der Waals surface area contributed by atoms with Gasteiger partial charge in [-0.15, -0.1) is 0 Å². The Morgan fingerprint density at radius 1 is 0.963 bits per heavy atom. The minimum atomic E-state index is -3.71. The smallest absolute Gasteiger partial charge is 0.262 e. The van der Waals surface area contributed by atoms with Gasteiger partial charge in [0.2, 0.25) is 0 Å². The molecule has 0 heterocycles. The maximum atomic E-state index is 13.1. The second-order valence-electron chi connectivity index (χ2n) is 6.75. The molecule has 0 aliphatic rings. The second kappa shape index (κ2) is 8.21. The van der Waals surface area contributed by atoms with Gasteiger partial charge in [0, 0.05) is 18.8 Å². The van der Waals surface area contributed by atoms with E-state index in [4.69, 9.17) is 4.74 Å². The van der Waals surface area contributed by atoms with Crippen LogP contribution in [0.4, 0.5) is 11.4 Å². The molecule has 0 fully saturated rings. The van der Waals surface area contributed by atoms with Crippen molar-refractivity contribution in [2.24, 2.45) is 0 Å². The molecular formula is C21H30N2O3S. The van der Waals surface area contributed by atoms with Crippen molar-refractivity contribution in [1.29, 1.82) is 0 Å². The van der Waals surface area contributed by atoms with Gasteiger partial charge in [-0.25, -0.2) is 8.42 Å². The largest absolute Gasteiger partial charge is 0.496 e. The first kappa shape index (κ1) is 21.1. The Balaban J connectivity index is 2.45. The summed E-state index contributed by atoms with van der Waals surface area (Å²) in [4.78, 5) is 2.54. The summed E-state index contributed by atoms with van der Waals surface area (Å²) in [5, 5.41) is 0. The van der Waals surface area contributed by atoms with Crippen LogP contribution in [0.3, 0.4) is 0 Å². The average molecular weight is 391 g/mol. The summed E-state index contributed by atoms with van der Waals surface area (Å²) in [7, 11) is -2.12. The second-order valence-corrected chi connectivity index (χ2v) is 8.37. The molecule has 27 heavy (non-hydrogen) atoms. The van der Waals surface area contributed by atoms with Crippen LogP contribution in [-0.4, -0.2) is 28.6 Å². The van der Waals surface area contributed by atoms with Gasteiger partial charge in [0.05, 0.1) is 17.7 Å². The number of nitrogens with zero attached hydrogens (tertiary/aromatic N) is 1. The van der Waals surface area contributed by atoms with Gasteiger partial charge in [-0.05, 0) is 88.1 Å². The molecule has 0 amide bonds. The van der Waals surface area contributed by atoms with Gasteiger partial charge in [-0.3, -0.25) is 4.72 Å². The van der Waals surface area contributed by atoms with Gasteiger partial charge < -0.3 is 9.64 Å². The normalized spacial score (nSPS) is 11.4. The van der Waals surface area contributed by atoms with Gasteiger partial charge in [0.15, 0.2) is 0 Å². The molecule has 0 unspecified atom stereocenters. The molecule has 1 N–H and O–H groups in total. The highest BCUT2D eigenvalue weighted by Crippen LogP contribution is 2.32. The summed E-state index contributed by atoms with van der Waals surface area (Å²) in [6, 6.07) is 7.58. The van der Waals surface area contributed by atoms with Gasteiger partial charge in [0.25, 0.3) is 10.0 Å². The first-order chi connectivity index (χ1) is 12.7.